The van der Waals surface area contributed by atoms with E-state index in [1.807, 2.05) is 12.1 Å². The van der Waals surface area contributed by atoms with Crippen LogP contribution in [0.15, 0.2) is 18.2 Å². The molecule has 0 aromatic heterocycles. The Kier molecular flexibility index (Phi) is 5.48. The van der Waals surface area contributed by atoms with Crippen molar-refractivity contribution >= 4 is 5.69 Å². The van der Waals surface area contributed by atoms with E-state index in [1.54, 1.807) is 0 Å². The lowest BCUT2D eigenvalue weighted by Crippen LogP contribution is -2.12. The SMILES string of the molecule is CCCOCCOc1ccc(C(C)(C)C)cc1N. The molecular formula is C15H25NO2. The number of ether oxygens (including phenoxy) is 2. The Hall–Kier alpha value is -1.22. The lowest BCUT2D eigenvalue weighted by molar-refractivity contribution is 0.101. The normalized spacial score (nSPS) is 11.6. The van der Waals surface area contributed by atoms with Gasteiger partial charge < -0.3 is 15.2 Å². The summed E-state index contributed by atoms with van der Waals surface area (Å²) in [4.78, 5) is 0. The van der Waals surface area contributed by atoms with Gasteiger partial charge in [0.05, 0.1) is 12.3 Å². The Bertz CT molecular complexity index is 369. The first-order chi connectivity index (χ1) is 8.45. The zero-order valence-corrected chi connectivity index (χ0v) is 12.0. The molecule has 0 atom stereocenters. The fraction of sp³-hybridized carbons (Fsp3) is 0.600. The molecule has 0 heterocycles. The van der Waals surface area contributed by atoms with E-state index < -0.39 is 0 Å². The van der Waals surface area contributed by atoms with Crippen molar-refractivity contribution in [3.63, 3.8) is 0 Å². The number of hydrogen-bond acceptors (Lipinski definition) is 3. The predicted molar refractivity (Wildman–Crippen MR) is 76.2 cm³/mol. The summed E-state index contributed by atoms with van der Waals surface area (Å²) in [6.45, 7) is 10.5. The van der Waals surface area contributed by atoms with Gasteiger partial charge in [-0.2, -0.15) is 0 Å². The van der Waals surface area contributed by atoms with Crippen molar-refractivity contribution in [3.05, 3.63) is 23.8 Å². The van der Waals surface area contributed by atoms with Crippen LogP contribution >= 0.6 is 0 Å². The van der Waals surface area contributed by atoms with Gasteiger partial charge in [-0.1, -0.05) is 33.8 Å². The Morgan fingerprint density at radius 1 is 1.11 bits per heavy atom. The Labute approximate surface area is 110 Å². The third kappa shape index (κ3) is 4.57. The van der Waals surface area contributed by atoms with E-state index in [9.17, 15) is 0 Å². The zero-order valence-electron chi connectivity index (χ0n) is 12.0. The van der Waals surface area contributed by atoms with Crippen LogP contribution in [0.5, 0.6) is 5.75 Å². The van der Waals surface area contributed by atoms with Gasteiger partial charge in [0, 0.05) is 6.61 Å². The third-order valence-electron chi connectivity index (χ3n) is 2.71. The largest absolute Gasteiger partial charge is 0.489 e. The molecule has 0 aliphatic heterocycles. The number of benzene rings is 1. The topological polar surface area (TPSA) is 44.5 Å². The van der Waals surface area contributed by atoms with Crippen molar-refractivity contribution in [2.75, 3.05) is 25.6 Å². The molecule has 0 radical (unpaired) electrons. The molecule has 1 rings (SSSR count). The number of anilines is 1. The zero-order chi connectivity index (χ0) is 13.6. The Morgan fingerprint density at radius 3 is 2.39 bits per heavy atom. The second kappa shape index (κ2) is 6.64. The van der Waals surface area contributed by atoms with Crippen LogP contribution in [-0.2, 0) is 10.2 Å². The van der Waals surface area contributed by atoms with Gasteiger partial charge in [-0.05, 0) is 29.5 Å². The minimum absolute atomic E-state index is 0.108. The van der Waals surface area contributed by atoms with Gasteiger partial charge in [-0.15, -0.1) is 0 Å². The first-order valence-corrected chi connectivity index (χ1v) is 6.55. The fourth-order valence-electron chi connectivity index (χ4n) is 1.60. The lowest BCUT2D eigenvalue weighted by atomic mass is 9.87. The number of nitrogen functional groups attached to an aromatic ring is 1. The molecule has 0 aliphatic rings. The number of hydrogen-bond donors (Lipinski definition) is 1. The van der Waals surface area contributed by atoms with Crippen LogP contribution in [0, 0.1) is 0 Å². The van der Waals surface area contributed by atoms with Crippen LogP contribution in [0.25, 0.3) is 0 Å². The maximum Gasteiger partial charge on any atom is 0.142 e. The van der Waals surface area contributed by atoms with Crippen molar-refractivity contribution in [3.8, 4) is 5.75 Å². The first kappa shape index (κ1) is 14.8. The smallest absolute Gasteiger partial charge is 0.142 e. The highest BCUT2D eigenvalue weighted by atomic mass is 16.5. The van der Waals surface area contributed by atoms with E-state index in [4.69, 9.17) is 15.2 Å². The van der Waals surface area contributed by atoms with Gasteiger partial charge in [0.2, 0.25) is 0 Å². The van der Waals surface area contributed by atoms with Crippen LogP contribution < -0.4 is 10.5 Å². The summed E-state index contributed by atoms with van der Waals surface area (Å²) in [7, 11) is 0. The van der Waals surface area contributed by atoms with E-state index in [0.29, 0.717) is 18.9 Å². The molecule has 1 aromatic rings. The van der Waals surface area contributed by atoms with Crippen molar-refractivity contribution in [2.24, 2.45) is 0 Å². The summed E-state index contributed by atoms with van der Waals surface area (Å²) in [5.41, 5.74) is 8.01. The molecule has 0 unspecified atom stereocenters. The minimum atomic E-state index is 0.108. The van der Waals surface area contributed by atoms with Crippen LogP contribution in [0.3, 0.4) is 0 Å². The van der Waals surface area contributed by atoms with Crippen molar-refractivity contribution in [2.45, 2.75) is 39.5 Å². The highest BCUT2D eigenvalue weighted by Gasteiger charge is 2.14. The third-order valence-corrected chi connectivity index (χ3v) is 2.71. The maximum absolute atomic E-state index is 5.99. The highest BCUT2D eigenvalue weighted by molar-refractivity contribution is 5.55. The molecule has 0 aliphatic carbocycles. The number of nitrogens with two attached hydrogens (primary N) is 1. The molecule has 3 nitrogen and oxygen atoms in total. The quantitative estimate of drug-likeness (QED) is 0.622. The summed E-state index contributed by atoms with van der Waals surface area (Å²) >= 11 is 0. The Balaban J connectivity index is 2.53. The molecule has 1 aromatic carbocycles. The van der Waals surface area contributed by atoms with Crippen LogP contribution in [0.2, 0.25) is 0 Å². The highest BCUT2D eigenvalue weighted by Crippen LogP contribution is 2.29. The van der Waals surface area contributed by atoms with E-state index in [2.05, 4.69) is 33.8 Å². The molecule has 0 spiro atoms. The van der Waals surface area contributed by atoms with E-state index in [-0.39, 0.29) is 5.41 Å². The maximum atomic E-state index is 5.99. The molecular weight excluding hydrogens is 226 g/mol. The second-order valence-electron chi connectivity index (χ2n) is 5.46. The summed E-state index contributed by atoms with van der Waals surface area (Å²) in [5, 5.41) is 0. The van der Waals surface area contributed by atoms with Gasteiger partial charge in [0.1, 0.15) is 12.4 Å². The second-order valence-corrected chi connectivity index (χ2v) is 5.46. The van der Waals surface area contributed by atoms with Crippen molar-refractivity contribution in [1.82, 2.24) is 0 Å². The number of rotatable bonds is 6. The van der Waals surface area contributed by atoms with Crippen LogP contribution in [0.4, 0.5) is 5.69 Å². The minimum Gasteiger partial charge on any atom is -0.489 e. The molecule has 0 saturated carbocycles. The van der Waals surface area contributed by atoms with Gasteiger partial charge in [-0.25, -0.2) is 0 Å². The molecule has 0 fully saturated rings. The van der Waals surface area contributed by atoms with Crippen LogP contribution in [-0.4, -0.2) is 19.8 Å². The van der Waals surface area contributed by atoms with E-state index in [0.717, 1.165) is 18.8 Å². The monoisotopic (exact) mass is 251 g/mol. The summed E-state index contributed by atoms with van der Waals surface area (Å²) in [6.07, 6.45) is 1.03. The average molecular weight is 251 g/mol. The van der Waals surface area contributed by atoms with Gasteiger partial charge in [0.15, 0.2) is 0 Å². The fourth-order valence-corrected chi connectivity index (χ4v) is 1.60. The molecule has 0 saturated heterocycles. The Morgan fingerprint density at radius 2 is 1.83 bits per heavy atom. The predicted octanol–water partition coefficient (Wildman–Crippen LogP) is 3.37. The molecule has 0 amide bonds. The standard InChI is InChI=1S/C15H25NO2/c1-5-8-17-9-10-18-14-7-6-12(11-13(14)16)15(2,3)4/h6-7,11H,5,8-10,16H2,1-4H3. The van der Waals surface area contributed by atoms with Crippen LogP contribution in [0.1, 0.15) is 39.7 Å². The van der Waals surface area contributed by atoms with Crippen molar-refractivity contribution in [1.29, 1.82) is 0 Å². The summed E-state index contributed by atoms with van der Waals surface area (Å²) in [5.74, 6) is 0.739. The summed E-state index contributed by atoms with van der Waals surface area (Å²) < 4.78 is 11.0. The van der Waals surface area contributed by atoms with Gasteiger partial charge >= 0.3 is 0 Å². The summed E-state index contributed by atoms with van der Waals surface area (Å²) in [6, 6.07) is 6.00. The average Bonchev–Trinajstić information content (AvgIpc) is 2.29. The lowest BCUT2D eigenvalue weighted by Gasteiger charge is -2.20. The molecule has 3 heteroatoms. The van der Waals surface area contributed by atoms with E-state index >= 15 is 0 Å². The first-order valence-electron chi connectivity index (χ1n) is 6.55. The molecule has 0 bridgehead atoms. The molecule has 102 valence electrons. The molecule has 2 N–H and O–H groups in total. The van der Waals surface area contributed by atoms with Gasteiger partial charge in [-0.3, -0.25) is 0 Å². The van der Waals surface area contributed by atoms with Crippen molar-refractivity contribution < 1.29 is 9.47 Å². The van der Waals surface area contributed by atoms with E-state index in [1.165, 1.54) is 5.56 Å². The van der Waals surface area contributed by atoms with Gasteiger partial charge in [0.25, 0.3) is 0 Å². The molecule has 18 heavy (non-hydrogen) atoms.